The highest BCUT2D eigenvalue weighted by atomic mass is 35.5. The maximum Gasteiger partial charge on any atom is 0.0174 e. The maximum absolute atomic E-state index is 5.56. The number of hydrogen-bond donors (Lipinski definition) is 1. The molecule has 0 unspecified atom stereocenters. The van der Waals surface area contributed by atoms with Crippen LogP contribution in [0, 0.1) is 0 Å². The Hall–Kier alpha value is 0.300. The first-order valence-electron chi connectivity index (χ1n) is 5.09. The van der Waals surface area contributed by atoms with Gasteiger partial charge in [0, 0.05) is 49.8 Å². The Balaban J connectivity index is 1.97. The van der Waals surface area contributed by atoms with Gasteiger partial charge in [0.25, 0.3) is 0 Å². The van der Waals surface area contributed by atoms with E-state index in [9.17, 15) is 0 Å². The number of thioether (sulfide) groups is 1. The average molecular weight is 235 g/mol. The lowest BCUT2D eigenvalue weighted by Crippen LogP contribution is -2.38. The fourth-order valence-corrected chi connectivity index (χ4v) is 2.44. The van der Waals surface area contributed by atoms with Gasteiger partial charge in [-0.15, -0.1) is 0 Å². The third kappa shape index (κ3) is 5.25. The van der Waals surface area contributed by atoms with Gasteiger partial charge in [-0.1, -0.05) is 11.6 Å². The van der Waals surface area contributed by atoms with Crippen LogP contribution in [0.4, 0.5) is 0 Å². The summed E-state index contributed by atoms with van der Waals surface area (Å²) in [4.78, 5) is 2.52. The second-order valence-electron chi connectivity index (χ2n) is 3.59. The highest BCUT2D eigenvalue weighted by Gasteiger charge is 2.08. The van der Waals surface area contributed by atoms with Crippen LogP contribution in [0.1, 0.15) is 6.92 Å². The molecule has 0 atom stereocenters. The molecule has 0 spiro atoms. The zero-order valence-electron chi connectivity index (χ0n) is 8.76. The van der Waals surface area contributed by atoms with E-state index in [2.05, 4.69) is 22.0 Å². The summed E-state index contributed by atoms with van der Waals surface area (Å²) in [6.07, 6.45) is 0. The van der Waals surface area contributed by atoms with E-state index in [4.69, 9.17) is 11.6 Å². The quantitative estimate of drug-likeness (QED) is 0.730. The van der Waals surface area contributed by atoms with Gasteiger partial charge in [0.1, 0.15) is 0 Å². The Morgan fingerprint density at radius 2 is 2.21 bits per heavy atom. The predicted molar refractivity (Wildman–Crippen MR) is 66.2 cm³/mol. The molecule has 1 aliphatic rings. The lowest BCUT2D eigenvalue weighted by molar-refractivity contribution is 0.302. The summed E-state index contributed by atoms with van der Waals surface area (Å²) < 4.78 is 0. The summed E-state index contributed by atoms with van der Waals surface area (Å²) in [6, 6.07) is 0. The fraction of sp³-hybridized carbons (Fsp3) is 0.800. The molecule has 0 bridgehead atoms. The van der Waals surface area contributed by atoms with Crippen LogP contribution in [-0.2, 0) is 0 Å². The van der Waals surface area contributed by atoms with E-state index in [-0.39, 0.29) is 0 Å². The van der Waals surface area contributed by atoms with Crippen LogP contribution in [0.25, 0.3) is 0 Å². The first kappa shape index (κ1) is 12.4. The minimum Gasteiger partial charge on any atom is -0.312 e. The number of rotatable bonds is 5. The maximum atomic E-state index is 5.56. The molecule has 0 amide bonds. The molecule has 0 aliphatic carbocycles. The summed E-state index contributed by atoms with van der Waals surface area (Å²) in [5, 5.41) is 3.38. The lowest BCUT2D eigenvalue weighted by Gasteiger charge is -2.26. The minimum atomic E-state index is 0.909. The monoisotopic (exact) mass is 234 g/mol. The lowest BCUT2D eigenvalue weighted by atomic mass is 10.3. The van der Waals surface area contributed by atoms with Crippen LogP contribution in [0.2, 0.25) is 0 Å². The van der Waals surface area contributed by atoms with E-state index in [1.54, 1.807) is 5.54 Å². The van der Waals surface area contributed by atoms with Crippen LogP contribution in [0.15, 0.2) is 11.1 Å². The van der Waals surface area contributed by atoms with Crippen LogP contribution in [-0.4, -0.2) is 49.1 Å². The second kappa shape index (κ2) is 7.57. The topological polar surface area (TPSA) is 15.3 Å². The molecular weight excluding hydrogens is 216 g/mol. The largest absolute Gasteiger partial charge is 0.312 e. The van der Waals surface area contributed by atoms with E-state index < -0.39 is 0 Å². The molecule has 82 valence electrons. The molecule has 14 heavy (non-hydrogen) atoms. The molecule has 1 rings (SSSR count). The van der Waals surface area contributed by atoms with Crippen molar-refractivity contribution in [2.45, 2.75) is 6.92 Å². The molecule has 1 saturated heterocycles. The predicted octanol–water partition coefficient (Wildman–Crippen LogP) is 1.77. The Morgan fingerprint density at radius 1 is 1.50 bits per heavy atom. The number of halogens is 1. The van der Waals surface area contributed by atoms with Crippen molar-refractivity contribution in [3.63, 3.8) is 0 Å². The van der Waals surface area contributed by atoms with E-state index in [0.717, 1.165) is 19.6 Å². The molecule has 0 aromatic rings. The van der Waals surface area contributed by atoms with Gasteiger partial charge in [-0.05, 0) is 12.5 Å². The average Bonchev–Trinajstić information content (AvgIpc) is 2.25. The summed E-state index contributed by atoms with van der Waals surface area (Å²) in [7, 11) is 0. The highest BCUT2D eigenvalue weighted by molar-refractivity contribution is 7.99. The Labute approximate surface area is 96.1 Å². The molecule has 0 radical (unpaired) electrons. The van der Waals surface area contributed by atoms with Gasteiger partial charge >= 0.3 is 0 Å². The van der Waals surface area contributed by atoms with Crippen molar-refractivity contribution in [2.75, 3.05) is 44.2 Å². The second-order valence-corrected chi connectivity index (χ2v) is 5.03. The van der Waals surface area contributed by atoms with E-state index in [0.29, 0.717) is 0 Å². The normalized spacial score (nSPS) is 20.0. The minimum absolute atomic E-state index is 0.909. The molecule has 0 aromatic carbocycles. The molecule has 4 heteroatoms. The van der Waals surface area contributed by atoms with Gasteiger partial charge in [-0.2, -0.15) is 11.8 Å². The summed E-state index contributed by atoms with van der Waals surface area (Å²) in [5.74, 6) is 2.58. The molecule has 1 heterocycles. The van der Waals surface area contributed by atoms with Crippen molar-refractivity contribution < 1.29 is 0 Å². The number of hydrogen-bond acceptors (Lipinski definition) is 3. The third-order valence-electron chi connectivity index (χ3n) is 2.30. The van der Waals surface area contributed by atoms with E-state index >= 15 is 0 Å². The summed E-state index contributed by atoms with van der Waals surface area (Å²) >= 11 is 7.62. The smallest absolute Gasteiger partial charge is 0.0174 e. The van der Waals surface area contributed by atoms with Gasteiger partial charge in [-0.3, -0.25) is 0 Å². The summed E-state index contributed by atoms with van der Waals surface area (Å²) in [6.45, 7) is 7.67. The zero-order chi connectivity index (χ0) is 10.2. The Kier molecular flexibility index (Phi) is 6.69. The fourth-order valence-electron chi connectivity index (χ4n) is 1.39. The van der Waals surface area contributed by atoms with E-state index in [1.807, 2.05) is 6.92 Å². The first-order chi connectivity index (χ1) is 6.83. The van der Waals surface area contributed by atoms with Gasteiger partial charge in [-0.25, -0.2) is 0 Å². The highest BCUT2D eigenvalue weighted by Crippen LogP contribution is 2.07. The van der Waals surface area contributed by atoms with Crippen molar-refractivity contribution in [2.24, 2.45) is 0 Å². The van der Waals surface area contributed by atoms with Crippen LogP contribution in [0.5, 0.6) is 0 Å². The van der Waals surface area contributed by atoms with Crippen molar-refractivity contribution in [3.8, 4) is 0 Å². The van der Waals surface area contributed by atoms with Gasteiger partial charge < -0.3 is 10.2 Å². The molecule has 0 aromatic heterocycles. The third-order valence-corrected chi connectivity index (χ3v) is 3.61. The van der Waals surface area contributed by atoms with Gasteiger partial charge in [0.05, 0.1) is 0 Å². The van der Waals surface area contributed by atoms with Crippen LogP contribution in [0.3, 0.4) is 0 Å². The molecule has 1 N–H and O–H groups in total. The van der Waals surface area contributed by atoms with Crippen molar-refractivity contribution in [1.29, 1.82) is 0 Å². The van der Waals surface area contributed by atoms with Crippen molar-refractivity contribution in [1.82, 2.24) is 10.2 Å². The van der Waals surface area contributed by atoms with E-state index in [1.165, 1.54) is 30.2 Å². The van der Waals surface area contributed by atoms with Crippen LogP contribution < -0.4 is 5.32 Å². The zero-order valence-corrected chi connectivity index (χ0v) is 10.3. The van der Waals surface area contributed by atoms with Crippen LogP contribution >= 0.6 is 23.4 Å². The molecule has 1 aliphatic heterocycles. The molecule has 0 saturated carbocycles. The first-order valence-corrected chi connectivity index (χ1v) is 6.68. The Bertz CT molecular complexity index is 179. The van der Waals surface area contributed by atoms with Gasteiger partial charge in [0.15, 0.2) is 0 Å². The van der Waals surface area contributed by atoms with Gasteiger partial charge in [0.2, 0.25) is 0 Å². The molecule has 1 fully saturated rings. The SMILES string of the molecule is CC(=CCl)CNCCN1CCSCC1. The molecular formula is C10H19ClN2S. The number of nitrogens with one attached hydrogen (secondary N) is 1. The Morgan fingerprint density at radius 3 is 2.86 bits per heavy atom. The molecule has 2 nitrogen and oxygen atoms in total. The van der Waals surface area contributed by atoms with Crippen molar-refractivity contribution >= 4 is 23.4 Å². The van der Waals surface area contributed by atoms with Crippen molar-refractivity contribution in [3.05, 3.63) is 11.1 Å². The number of nitrogens with zero attached hydrogens (tertiary/aromatic N) is 1. The standard InChI is InChI=1S/C10H19ClN2S/c1-10(8-11)9-12-2-3-13-4-6-14-7-5-13/h8,12H,2-7,9H2,1H3. The summed E-state index contributed by atoms with van der Waals surface area (Å²) in [5.41, 5.74) is 2.84.